The van der Waals surface area contributed by atoms with Crippen molar-refractivity contribution in [3.8, 4) is 0 Å². The number of benzene rings is 2. The minimum atomic E-state index is -0.822. The normalized spacial score (nSPS) is 11.1. The quantitative estimate of drug-likeness (QED) is 0.551. The molecule has 0 atom stereocenters. The number of rotatable bonds is 2. The van der Waals surface area contributed by atoms with Crippen LogP contribution in [0.2, 0.25) is 0 Å². The second-order valence-corrected chi connectivity index (χ2v) is 6.22. The van der Waals surface area contributed by atoms with Crippen LogP contribution in [0.25, 0.3) is 21.2 Å². The Morgan fingerprint density at radius 2 is 1.96 bits per heavy atom. The van der Waals surface area contributed by atoms with Gasteiger partial charge in [0.15, 0.2) is 10.9 Å². The summed E-state index contributed by atoms with van der Waals surface area (Å²) in [6, 6.07) is 10.0. The Morgan fingerprint density at radius 1 is 1.16 bits per heavy atom. The first kappa shape index (κ1) is 15.4. The minimum Gasteiger partial charge on any atom is -0.422 e. The predicted molar refractivity (Wildman–Crippen MR) is 90.0 cm³/mol. The van der Waals surface area contributed by atoms with Crippen molar-refractivity contribution < 1.29 is 18.0 Å². The molecule has 2 heterocycles. The third-order valence-electron chi connectivity index (χ3n) is 3.52. The van der Waals surface area contributed by atoms with E-state index in [-0.39, 0.29) is 20.9 Å². The Bertz CT molecular complexity index is 1200. The second kappa shape index (κ2) is 5.75. The van der Waals surface area contributed by atoms with E-state index in [1.807, 2.05) is 0 Å². The molecule has 0 aliphatic carbocycles. The number of carbonyl (C=O) groups is 1. The molecule has 0 saturated heterocycles. The number of thiazole rings is 1. The Labute approximate surface area is 142 Å². The standard InChI is InChI=1S/C17H8F2N2O3S/c18-9-6-11(19)14-13(7-9)25-17(20-14)21-15(22)10-5-8-3-1-2-4-12(8)24-16(10)23/h1-7H,(H,20,21,22). The number of nitrogens with one attached hydrogen (secondary N) is 1. The number of hydrogen-bond donors (Lipinski definition) is 1. The maximum atomic E-state index is 13.7. The van der Waals surface area contributed by atoms with E-state index in [1.165, 1.54) is 6.07 Å². The van der Waals surface area contributed by atoms with Crippen molar-refractivity contribution >= 4 is 43.6 Å². The van der Waals surface area contributed by atoms with Crippen molar-refractivity contribution in [1.29, 1.82) is 0 Å². The van der Waals surface area contributed by atoms with Crippen LogP contribution < -0.4 is 10.9 Å². The molecule has 4 aromatic rings. The smallest absolute Gasteiger partial charge is 0.349 e. The van der Waals surface area contributed by atoms with Crippen LogP contribution in [-0.4, -0.2) is 10.9 Å². The number of anilines is 1. The van der Waals surface area contributed by atoms with Gasteiger partial charge >= 0.3 is 5.63 Å². The second-order valence-electron chi connectivity index (χ2n) is 5.19. The lowest BCUT2D eigenvalue weighted by atomic mass is 10.2. The number of nitrogens with zero attached hydrogens (tertiary/aromatic N) is 1. The van der Waals surface area contributed by atoms with Crippen LogP contribution in [-0.2, 0) is 0 Å². The van der Waals surface area contributed by atoms with Crippen LogP contribution >= 0.6 is 11.3 Å². The van der Waals surface area contributed by atoms with E-state index < -0.39 is 23.2 Å². The molecule has 0 saturated carbocycles. The molecule has 0 spiro atoms. The monoisotopic (exact) mass is 358 g/mol. The van der Waals surface area contributed by atoms with Crippen LogP contribution in [0.1, 0.15) is 10.4 Å². The fourth-order valence-electron chi connectivity index (χ4n) is 2.40. The average molecular weight is 358 g/mol. The molecule has 2 aromatic heterocycles. The van der Waals surface area contributed by atoms with E-state index in [4.69, 9.17) is 4.42 Å². The molecule has 8 heteroatoms. The van der Waals surface area contributed by atoms with Crippen LogP contribution in [0.15, 0.2) is 51.7 Å². The van der Waals surface area contributed by atoms with Crippen LogP contribution in [0.5, 0.6) is 0 Å². The summed E-state index contributed by atoms with van der Waals surface area (Å²) in [5, 5.41) is 3.06. The zero-order chi connectivity index (χ0) is 17.6. The van der Waals surface area contributed by atoms with Gasteiger partial charge in [0, 0.05) is 11.5 Å². The van der Waals surface area contributed by atoms with E-state index >= 15 is 0 Å². The van der Waals surface area contributed by atoms with Gasteiger partial charge in [-0.2, -0.15) is 0 Å². The van der Waals surface area contributed by atoms with Gasteiger partial charge in [-0.1, -0.05) is 29.5 Å². The zero-order valence-corrected chi connectivity index (χ0v) is 13.2. The highest BCUT2D eigenvalue weighted by Gasteiger charge is 2.17. The number of fused-ring (bicyclic) bond motifs is 2. The molecule has 0 bridgehead atoms. The number of amides is 1. The number of aromatic nitrogens is 1. The SMILES string of the molecule is O=C(Nc1nc2c(F)cc(F)cc2s1)c1cc2ccccc2oc1=O. The molecule has 124 valence electrons. The first-order valence-electron chi connectivity index (χ1n) is 7.11. The molecule has 0 radical (unpaired) electrons. The van der Waals surface area contributed by atoms with Crippen molar-refractivity contribution in [3.63, 3.8) is 0 Å². The molecule has 1 N–H and O–H groups in total. The highest BCUT2D eigenvalue weighted by Crippen LogP contribution is 2.29. The van der Waals surface area contributed by atoms with Gasteiger partial charge in [0.2, 0.25) is 0 Å². The lowest BCUT2D eigenvalue weighted by Gasteiger charge is -2.02. The summed E-state index contributed by atoms with van der Waals surface area (Å²) in [5.74, 6) is -2.29. The predicted octanol–water partition coefficient (Wildman–Crippen LogP) is 3.93. The van der Waals surface area contributed by atoms with Gasteiger partial charge in [-0.3, -0.25) is 10.1 Å². The lowest BCUT2D eigenvalue weighted by Crippen LogP contribution is -2.20. The van der Waals surface area contributed by atoms with Crippen molar-refractivity contribution in [2.45, 2.75) is 0 Å². The van der Waals surface area contributed by atoms with Crippen LogP contribution in [0.4, 0.5) is 13.9 Å². The van der Waals surface area contributed by atoms with Crippen molar-refractivity contribution in [2.24, 2.45) is 0 Å². The fourth-order valence-corrected chi connectivity index (χ4v) is 3.30. The Kier molecular flexibility index (Phi) is 3.54. The van der Waals surface area contributed by atoms with Crippen LogP contribution in [0, 0.1) is 11.6 Å². The summed E-state index contributed by atoms with van der Waals surface area (Å²) in [6.07, 6.45) is 0. The first-order valence-corrected chi connectivity index (χ1v) is 7.93. The average Bonchev–Trinajstić information content (AvgIpc) is 2.96. The highest BCUT2D eigenvalue weighted by molar-refractivity contribution is 7.22. The summed E-state index contributed by atoms with van der Waals surface area (Å²) in [6.45, 7) is 0. The minimum absolute atomic E-state index is 0.0488. The molecule has 2 aromatic carbocycles. The number of halogens is 2. The van der Waals surface area contributed by atoms with E-state index in [2.05, 4.69) is 10.3 Å². The van der Waals surface area contributed by atoms with Gasteiger partial charge in [0.25, 0.3) is 5.91 Å². The Morgan fingerprint density at radius 3 is 2.80 bits per heavy atom. The van der Waals surface area contributed by atoms with Crippen molar-refractivity contribution in [2.75, 3.05) is 5.32 Å². The Balaban J connectivity index is 1.71. The van der Waals surface area contributed by atoms with Crippen molar-refractivity contribution in [3.05, 3.63) is 70.1 Å². The van der Waals surface area contributed by atoms with E-state index in [0.717, 1.165) is 17.4 Å². The highest BCUT2D eigenvalue weighted by atomic mass is 32.1. The molecular formula is C17H8F2N2O3S. The zero-order valence-electron chi connectivity index (χ0n) is 12.4. The molecule has 5 nitrogen and oxygen atoms in total. The molecule has 0 aliphatic rings. The van der Waals surface area contributed by atoms with Crippen LogP contribution in [0.3, 0.4) is 0 Å². The fraction of sp³-hybridized carbons (Fsp3) is 0. The summed E-state index contributed by atoms with van der Waals surface area (Å²) in [7, 11) is 0. The molecular weight excluding hydrogens is 350 g/mol. The molecule has 25 heavy (non-hydrogen) atoms. The summed E-state index contributed by atoms with van der Waals surface area (Å²) in [4.78, 5) is 28.2. The summed E-state index contributed by atoms with van der Waals surface area (Å²) in [5.41, 5.74) is -0.687. The van der Waals surface area contributed by atoms with Gasteiger partial charge in [-0.05, 0) is 18.2 Å². The van der Waals surface area contributed by atoms with E-state index in [9.17, 15) is 18.4 Å². The first-order chi connectivity index (χ1) is 12.0. The lowest BCUT2D eigenvalue weighted by molar-refractivity contribution is 0.102. The molecule has 4 rings (SSSR count). The van der Waals surface area contributed by atoms with Gasteiger partial charge in [-0.15, -0.1) is 0 Å². The van der Waals surface area contributed by atoms with Gasteiger partial charge < -0.3 is 4.42 Å². The molecule has 0 unspecified atom stereocenters. The topological polar surface area (TPSA) is 72.2 Å². The molecule has 0 fully saturated rings. The van der Waals surface area contributed by atoms with E-state index in [1.54, 1.807) is 24.3 Å². The number of carbonyl (C=O) groups excluding carboxylic acids is 1. The third-order valence-corrected chi connectivity index (χ3v) is 4.44. The third kappa shape index (κ3) is 2.76. The summed E-state index contributed by atoms with van der Waals surface area (Å²) >= 11 is 0.902. The number of para-hydroxylation sites is 1. The Hall–Kier alpha value is -3.13. The number of hydrogen-bond acceptors (Lipinski definition) is 5. The van der Waals surface area contributed by atoms with Gasteiger partial charge in [0.1, 0.15) is 22.5 Å². The molecule has 1 amide bonds. The van der Waals surface area contributed by atoms with Gasteiger partial charge in [0.05, 0.1) is 4.70 Å². The van der Waals surface area contributed by atoms with Crippen molar-refractivity contribution in [1.82, 2.24) is 4.98 Å². The van der Waals surface area contributed by atoms with Gasteiger partial charge in [-0.25, -0.2) is 18.6 Å². The maximum Gasteiger partial charge on any atom is 0.349 e. The van der Waals surface area contributed by atoms with E-state index in [0.29, 0.717) is 17.0 Å². The largest absolute Gasteiger partial charge is 0.422 e. The molecule has 0 aliphatic heterocycles. The maximum absolute atomic E-state index is 13.7. The summed E-state index contributed by atoms with van der Waals surface area (Å²) < 4.78 is 32.3.